The molecule has 36 heavy (non-hydrogen) atoms. The van der Waals surface area contributed by atoms with E-state index in [0.717, 1.165) is 16.9 Å². The van der Waals surface area contributed by atoms with Crippen LogP contribution in [0.2, 0.25) is 0 Å². The molecule has 2 aromatic carbocycles. The first kappa shape index (κ1) is 24.2. The van der Waals surface area contributed by atoms with Gasteiger partial charge in [-0.05, 0) is 43.0 Å². The number of fused-ring (bicyclic) bond motifs is 3. The van der Waals surface area contributed by atoms with E-state index in [-0.39, 0.29) is 35.9 Å². The summed E-state index contributed by atoms with van der Waals surface area (Å²) in [6.07, 6.45) is 2.37. The van der Waals surface area contributed by atoms with Gasteiger partial charge in [0.05, 0.1) is 6.04 Å². The second kappa shape index (κ2) is 9.85. The highest BCUT2D eigenvalue weighted by molar-refractivity contribution is 7.98. The number of rotatable bonds is 5. The number of amides is 1. The van der Waals surface area contributed by atoms with Crippen molar-refractivity contribution in [2.24, 2.45) is 0 Å². The van der Waals surface area contributed by atoms with Crippen LogP contribution in [0.15, 0.2) is 70.5 Å². The molecular weight excluding hydrogens is 474 g/mol. The van der Waals surface area contributed by atoms with Gasteiger partial charge < -0.3 is 9.64 Å². The van der Waals surface area contributed by atoms with Gasteiger partial charge >= 0.3 is 5.97 Å². The highest BCUT2D eigenvalue weighted by atomic mass is 32.2. The average Bonchev–Trinajstić information content (AvgIpc) is 3.03. The van der Waals surface area contributed by atoms with Gasteiger partial charge in [-0.25, -0.2) is 0 Å². The lowest BCUT2D eigenvalue weighted by molar-refractivity contribution is -0.134. The van der Waals surface area contributed by atoms with E-state index in [1.807, 2.05) is 45.0 Å². The summed E-state index contributed by atoms with van der Waals surface area (Å²) in [6, 6.07) is 17.7. The molecular formula is C28H29N3O4S. The minimum absolute atomic E-state index is 0.0822. The number of hydrogen-bond acceptors (Lipinski definition) is 6. The fourth-order valence-electron chi connectivity index (χ4n) is 4.83. The Labute approximate surface area is 214 Å². The summed E-state index contributed by atoms with van der Waals surface area (Å²) in [7, 11) is 0. The van der Waals surface area contributed by atoms with Crippen molar-refractivity contribution in [3.05, 3.63) is 93.4 Å². The molecule has 0 fully saturated rings. The van der Waals surface area contributed by atoms with Gasteiger partial charge in [-0.3, -0.25) is 24.1 Å². The highest BCUT2D eigenvalue weighted by Gasteiger charge is 2.39. The lowest BCUT2D eigenvalue weighted by atomic mass is 9.94. The average molecular weight is 504 g/mol. The van der Waals surface area contributed by atoms with Crippen molar-refractivity contribution in [3.8, 4) is 5.75 Å². The largest absolute Gasteiger partial charge is 0.420 e. The Morgan fingerprint density at radius 2 is 1.78 bits per heavy atom. The van der Waals surface area contributed by atoms with Crippen LogP contribution in [-0.2, 0) is 10.5 Å². The monoisotopic (exact) mass is 503 g/mol. The topological polar surface area (TPSA) is 71.8 Å². The van der Waals surface area contributed by atoms with Crippen molar-refractivity contribution in [3.63, 3.8) is 0 Å². The Balaban J connectivity index is 1.75. The van der Waals surface area contributed by atoms with Crippen LogP contribution in [0.5, 0.6) is 5.75 Å². The molecule has 1 unspecified atom stereocenters. The van der Waals surface area contributed by atoms with Crippen LogP contribution in [-0.4, -0.2) is 34.2 Å². The molecule has 0 spiro atoms. The molecule has 7 nitrogen and oxygen atoms in total. The summed E-state index contributed by atoms with van der Waals surface area (Å²) in [5.41, 5.74) is 3.08. The van der Waals surface area contributed by atoms with Crippen molar-refractivity contribution in [2.45, 2.75) is 56.3 Å². The van der Waals surface area contributed by atoms with Gasteiger partial charge in [-0.2, -0.15) is 0 Å². The van der Waals surface area contributed by atoms with Crippen LogP contribution in [0, 0.1) is 0 Å². The molecule has 0 radical (unpaired) electrons. The van der Waals surface area contributed by atoms with Gasteiger partial charge in [-0.15, -0.1) is 11.8 Å². The molecule has 186 valence electrons. The molecule has 1 atom stereocenters. The van der Waals surface area contributed by atoms with Crippen molar-refractivity contribution < 1.29 is 14.3 Å². The van der Waals surface area contributed by atoms with Crippen LogP contribution in [0.25, 0.3) is 0 Å². The number of benzene rings is 2. The van der Waals surface area contributed by atoms with Gasteiger partial charge in [0.15, 0.2) is 5.69 Å². The third-order valence-electron chi connectivity index (χ3n) is 6.61. The number of nitrogens with zero attached hydrogens (tertiary/aromatic N) is 3. The number of pyridine rings is 1. The van der Waals surface area contributed by atoms with Crippen LogP contribution >= 0.6 is 11.8 Å². The minimum Gasteiger partial charge on any atom is -0.420 e. The molecule has 3 heterocycles. The molecule has 2 aliphatic heterocycles. The molecule has 0 saturated carbocycles. The zero-order valence-corrected chi connectivity index (χ0v) is 21.5. The van der Waals surface area contributed by atoms with Crippen molar-refractivity contribution in [2.75, 3.05) is 11.7 Å². The van der Waals surface area contributed by atoms with Crippen molar-refractivity contribution >= 4 is 23.6 Å². The fraction of sp³-hybridized carbons (Fsp3) is 0.321. The molecule has 1 amide bonds. The highest BCUT2D eigenvalue weighted by Crippen LogP contribution is 2.43. The number of ether oxygens (including phenoxy) is 1. The molecule has 5 rings (SSSR count). The Kier molecular flexibility index (Phi) is 6.62. The number of carbonyl (C=O) groups excluding carboxylic acids is 2. The van der Waals surface area contributed by atoms with Crippen LogP contribution in [0.1, 0.15) is 66.8 Å². The predicted octanol–water partition coefficient (Wildman–Crippen LogP) is 4.71. The zero-order chi connectivity index (χ0) is 25.4. The maximum atomic E-state index is 13.7. The van der Waals surface area contributed by atoms with Gasteiger partial charge in [0.1, 0.15) is 6.67 Å². The van der Waals surface area contributed by atoms with E-state index in [9.17, 15) is 14.4 Å². The third kappa shape index (κ3) is 4.19. The summed E-state index contributed by atoms with van der Waals surface area (Å²) in [5.74, 6) is -0.226. The number of hydrogen-bond donors (Lipinski definition) is 0. The van der Waals surface area contributed by atoms with Gasteiger partial charge in [0, 0.05) is 35.4 Å². The Morgan fingerprint density at radius 1 is 1.06 bits per heavy atom. The van der Waals surface area contributed by atoms with E-state index in [2.05, 4.69) is 29.3 Å². The van der Waals surface area contributed by atoms with E-state index in [0.29, 0.717) is 13.1 Å². The summed E-state index contributed by atoms with van der Waals surface area (Å²) in [5, 5.41) is 2.09. The Bertz CT molecular complexity index is 1340. The number of carbonyl (C=O) groups is 2. The fourth-order valence-corrected chi connectivity index (χ4v) is 5.92. The molecule has 0 N–H and O–H groups in total. The van der Waals surface area contributed by atoms with Crippen molar-refractivity contribution in [1.82, 2.24) is 9.58 Å². The maximum Gasteiger partial charge on any atom is 0.311 e. The zero-order valence-electron chi connectivity index (χ0n) is 20.6. The molecule has 2 aliphatic rings. The lowest BCUT2D eigenvalue weighted by Gasteiger charge is -2.45. The third-order valence-corrected chi connectivity index (χ3v) is 7.75. The smallest absolute Gasteiger partial charge is 0.311 e. The van der Waals surface area contributed by atoms with E-state index in [1.165, 1.54) is 16.5 Å². The first-order chi connectivity index (χ1) is 17.4. The quantitative estimate of drug-likeness (QED) is 0.470. The number of esters is 1. The SMILES string of the molecule is CCCC(=O)Oc1c2n(ccc1=O)N(C1c3ccccc3CSc3ccccc31)CN(C(C)C)C2=O. The standard InChI is InChI=1S/C28H29N3O4S/c1-4-9-24(33)35-27-22(32)14-15-30-26(27)28(34)29(18(2)3)17-31(30)25-20-11-6-5-10-19(20)16-36-23-13-8-7-12-21(23)25/h5-8,10-15,18,25H,4,9,16-17H2,1-3H3. The van der Waals surface area contributed by atoms with Crippen molar-refractivity contribution in [1.29, 1.82) is 0 Å². The molecule has 1 aromatic heterocycles. The first-order valence-electron chi connectivity index (χ1n) is 12.2. The molecule has 8 heteroatoms. The molecule has 0 bridgehead atoms. The Hall–Kier alpha value is -3.52. The lowest BCUT2D eigenvalue weighted by Crippen LogP contribution is -2.57. The second-order valence-corrected chi connectivity index (χ2v) is 10.3. The van der Waals surface area contributed by atoms with E-state index >= 15 is 0 Å². The predicted molar refractivity (Wildman–Crippen MR) is 140 cm³/mol. The number of aromatic nitrogens is 1. The normalized spacial score (nSPS) is 16.8. The van der Waals surface area contributed by atoms with Gasteiger partial charge in [0.2, 0.25) is 11.2 Å². The van der Waals surface area contributed by atoms with Crippen LogP contribution in [0.3, 0.4) is 0 Å². The summed E-state index contributed by atoms with van der Waals surface area (Å²) >= 11 is 1.79. The summed E-state index contributed by atoms with van der Waals surface area (Å²) in [4.78, 5) is 41.9. The van der Waals surface area contributed by atoms with Gasteiger partial charge in [-0.1, -0.05) is 49.4 Å². The second-order valence-electron chi connectivity index (χ2n) is 9.30. The molecule has 0 saturated heterocycles. The van der Waals surface area contributed by atoms with E-state index in [4.69, 9.17) is 4.74 Å². The number of thioether (sulfide) groups is 1. The maximum absolute atomic E-state index is 13.7. The van der Waals surface area contributed by atoms with Gasteiger partial charge in [0.25, 0.3) is 5.91 Å². The molecule has 0 aliphatic carbocycles. The summed E-state index contributed by atoms with van der Waals surface area (Å²) in [6.45, 7) is 6.06. The van der Waals surface area contributed by atoms with E-state index < -0.39 is 11.4 Å². The summed E-state index contributed by atoms with van der Waals surface area (Å²) < 4.78 is 7.24. The van der Waals surface area contributed by atoms with Crippen LogP contribution in [0.4, 0.5) is 0 Å². The molecule has 3 aromatic rings. The first-order valence-corrected chi connectivity index (χ1v) is 13.2. The van der Waals surface area contributed by atoms with Crippen LogP contribution < -0.4 is 15.2 Å². The minimum atomic E-state index is -0.522. The Morgan fingerprint density at radius 3 is 2.53 bits per heavy atom. The van der Waals surface area contributed by atoms with E-state index in [1.54, 1.807) is 27.5 Å².